The number of nitrogens with one attached hydrogen (secondary N) is 1. The van der Waals surface area contributed by atoms with Crippen LogP contribution in [0.1, 0.15) is 25.3 Å². The molecule has 0 saturated carbocycles. The van der Waals surface area contributed by atoms with Crippen molar-refractivity contribution in [2.24, 2.45) is 0 Å². The summed E-state index contributed by atoms with van der Waals surface area (Å²) in [5, 5.41) is 3.28. The Balaban J connectivity index is 2.43. The highest BCUT2D eigenvalue weighted by atomic mass is 79.9. The molecular formula is C14H20BrNO3. The van der Waals surface area contributed by atoms with Gasteiger partial charge in [-0.15, -0.1) is 0 Å². The highest BCUT2D eigenvalue weighted by Gasteiger charge is 2.03. The fourth-order valence-corrected chi connectivity index (χ4v) is 1.93. The number of hydrogen-bond donors (Lipinski definition) is 1. The molecule has 0 atom stereocenters. The molecule has 0 aromatic heterocycles. The zero-order valence-corrected chi connectivity index (χ0v) is 13.0. The summed E-state index contributed by atoms with van der Waals surface area (Å²) < 4.78 is 11.3. The van der Waals surface area contributed by atoms with Gasteiger partial charge < -0.3 is 14.8 Å². The van der Waals surface area contributed by atoms with Crippen molar-refractivity contribution in [3.8, 4) is 5.75 Å². The van der Waals surface area contributed by atoms with Gasteiger partial charge in [0, 0.05) is 17.4 Å². The molecule has 0 fully saturated rings. The van der Waals surface area contributed by atoms with Gasteiger partial charge in [0.25, 0.3) is 0 Å². The Morgan fingerprint density at radius 3 is 2.89 bits per heavy atom. The molecule has 0 heterocycles. The van der Waals surface area contributed by atoms with Crippen molar-refractivity contribution in [3.63, 3.8) is 0 Å². The van der Waals surface area contributed by atoms with E-state index < -0.39 is 0 Å². The van der Waals surface area contributed by atoms with E-state index in [4.69, 9.17) is 4.74 Å². The van der Waals surface area contributed by atoms with Crippen molar-refractivity contribution in [2.75, 3.05) is 20.3 Å². The van der Waals surface area contributed by atoms with Crippen molar-refractivity contribution in [2.45, 2.75) is 26.3 Å². The van der Waals surface area contributed by atoms with E-state index >= 15 is 0 Å². The lowest BCUT2D eigenvalue weighted by Crippen LogP contribution is -2.12. The predicted octanol–water partition coefficient (Wildman–Crippen LogP) is 2.89. The van der Waals surface area contributed by atoms with Crippen LogP contribution in [-0.2, 0) is 16.1 Å². The summed E-state index contributed by atoms with van der Waals surface area (Å²) in [6.07, 6.45) is 1.04. The fraction of sp³-hybridized carbons (Fsp3) is 0.500. The zero-order chi connectivity index (χ0) is 14.1. The molecule has 1 aromatic rings. The van der Waals surface area contributed by atoms with Crippen molar-refractivity contribution >= 4 is 21.9 Å². The van der Waals surface area contributed by atoms with Crippen molar-refractivity contribution in [1.82, 2.24) is 5.32 Å². The highest BCUT2D eigenvalue weighted by molar-refractivity contribution is 9.10. The lowest BCUT2D eigenvalue weighted by Gasteiger charge is -2.10. The minimum absolute atomic E-state index is 0.202. The second-order valence-electron chi connectivity index (χ2n) is 4.06. The van der Waals surface area contributed by atoms with Crippen LogP contribution in [0, 0.1) is 0 Å². The van der Waals surface area contributed by atoms with Crippen LogP contribution in [0.4, 0.5) is 0 Å². The number of carbonyl (C=O) groups is 1. The third-order valence-electron chi connectivity index (χ3n) is 2.60. The van der Waals surface area contributed by atoms with Crippen LogP contribution in [0.5, 0.6) is 5.75 Å². The number of hydrogen-bond acceptors (Lipinski definition) is 4. The van der Waals surface area contributed by atoms with Crippen LogP contribution in [0.25, 0.3) is 0 Å². The van der Waals surface area contributed by atoms with E-state index in [1.54, 1.807) is 0 Å². The average Bonchev–Trinajstić information content (AvgIpc) is 2.43. The van der Waals surface area contributed by atoms with Gasteiger partial charge in [-0.2, -0.15) is 0 Å². The summed E-state index contributed by atoms with van der Waals surface area (Å²) in [4.78, 5) is 10.9. The van der Waals surface area contributed by atoms with E-state index in [-0.39, 0.29) is 5.97 Å². The Morgan fingerprint density at radius 1 is 1.42 bits per heavy atom. The molecule has 0 bridgehead atoms. The molecule has 0 aliphatic heterocycles. The predicted molar refractivity (Wildman–Crippen MR) is 78.3 cm³/mol. The van der Waals surface area contributed by atoms with Crippen LogP contribution in [0.3, 0.4) is 0 Å². The zero-order valence-electron chi connectivity index (χ0n) is 11.4. The summed E-state index contributed by atoms with van der Waals surface area (Å²) >= 11 is 3.51. The number of esters is 1. The first-order valence-corrected chi connectivity index (χ1v) is 7.15. The Bertz CT molecular complexity index is 410. The van der Waals surface area contributed by atoms with Gasteiger partial charge >= 0.3 is 5.97 Å². The number of methoxy groups -OCH3 is 1. The normalized spacial score (nSPS) is 10.3. The van der Waals surface area contributed by atoms with E-state index in [1.165, 1.54) is 7.11 Å². The third kappa shape index (κ3) is 6.07. The molecule has 5 heteroatoms. The van der Waals surface area contributed by atoms with E-state index in [0.717, 1.165) is 28.9 Å². The second-order valence-corrected chi connectivity index (χ2v) is 4.92. The Morgan fingerprint density at radius 2 is 2.21 bits per heavy atom. The highest BCUT2D eigenvalue weighted by Crippen LogP contribution is 2.22. The van der Waals surface area contributed by atoms with E-state index in [9.17, 15) is 4.79 Å². The Hall–Kier alpha value is -1.07. The third-order valence-corrected chi connectivity index (χ3v) is 3.38. The average molecular weight is 330 g/mol. The van der Waals surface area contributed by atoms with Gasteiger partial charge in [-0.25, -0.2) is 0 Å². The van der Waals surface area contributed by atoms with Crippen molar-refractivity contribution < 1.29 is 14.3 Å². The molecule has 0 aliphatic carbocycles. The molecule has 0 spiro atoms. The molecular weight excluding hydrogens is 310 g/mol. The summed E-state index contributed by atoms with van der Waals surface area (Å²) in [6.45, 7) is 4.31. The van der Waals surface area contributed by atoms with Crippen LogP contribution < -0.4 is 10.1 Å². The fourth-order valence-electron chi connectivity index (χ4n) is 1.54. The number of benzene rings is 1. The second kappa shape index (κ2) is 8.93. The maximum atomic E-state index is 10.9. The number of halogens is 1. The molecule has 0 amide bonds. The maximum Gasteiger partial charge on any atom is 0.305 e. The molecule has 19 heavy (non-hydrogen) atoms. The van der Waals surface area contributed by atoms with Crippen molar-refractivity contribution in [1.29, 1.82) is 0 Å². The lowest BCUT2D eigenvalue weighted by molar-refractivity contribution is -0.140. The molecule has 4 nitrogen and oxygen atoms in total. The molecule has 1 rings (SSSR count). The SMILES string of the molecule is CCNCc1cc(OCCCC(=O)OC)ccc1Br. The van der Waals surface area contributed by atoms with E-state index in [1.807, 2.05) is 18.2 Å². The summed E-state index contributed by atoms with van der Waals surface area (Å²) in [7, 11) is 1.39. The van der Waals surface area contributed by atoms with Gasteiger partial charge in [-0.3, -0.25) is 4.79 Å². The van der Waals surface area contributed by atoms with Gasteiger partial charge in [-0.1, -0.05) is 22.9 Å². The van der Waals surface area contributed by atoms with Gasteiger partial charge in [-0.05, 0) is 36.7 Å². The molecule has 106 valence electrons. The van der Waals surface area contributed by atoms with Gasteiger partial charge in [0.05, 0.1) is 13.7 Å². The largest absolute Gasteiger partial charge is 0.494 e. The first kappa shape index (κ1) is 16.0. The van der Waals surface area contributed by atoms with Gasteiger partial charge in [0.15, 0.2) is 0 Å². The first-order valence-electron chi connectivity index (χ1n) is 6.36. The van der Waals surface area contributed by atoms with Crippen LogP contribution in [0.2, 0.25) is 0 Å². The summed E-state index contributed by atoms with van der Waals surface area (Å²) in [6, 6.07) is 5.89. The molecule has 1 aromatic carbocycles. The molecule has 0 unspecified atom stereocenters. The molecule has 1 N–H and O–H groups in total. The smallest absolute Gasteiger partial charge is 0.305 e. The van der Waals surface area contributed by atoms with E-state index in [2.05, 4.69) is 32.9 Å². The lowest BCUT2D eigenvalue weighted by atomic mass is 10.2. The standard InChI is InChI=1S/C14H20BrNO3/c1-3-16-10-11-9-12(6-7-13(11)15)19-8-4-5-14(17)18-2/h6-7,9,16H,3-5,8,10H2,1-2H3. The summed E-state index contributed by atoms with van der Waals surface area (Å²) in [5.41, 5.74) is 1.16. The van der Waals surface area contributed by atoms with Crippen molar-refractivity contribution in [3.05, 3.63) is 28.2 Å². The van der Waals surface area contributed by atoms with Crippen LogP contribution in [0.15, 0.2) is 22.7 Å². The number of rotatable bonds is 8. The Kier molecular flexibility index (Phi) is 7.52. The topological polar surface area (TPSA) is 47.6 Å². The van der Waals surface area contributed by atoms with Gasteiger partial charge in [0.2, 0.25) is 0 Å². The number of ether oxygens (including phenoxy) is 2. The van der Waals surface area contributed by atoms with E-state index in [0.29, 0.717) is 19.4 Å². The summed E-state index contributed by atoms with van der Waals surface area (Å²) in [5.74, 6) is 0.619. The minimum Gasteiger partial charge on any atom is -0.494 e. The maximum absolute atomic E-state index is 10.9. The van der Waals surface area contributed by atoms with Gasteiger partial charge in [0.1, 0.15) is 5.75 Å². The minimum atomic E-state index is -0.202. The van der Waals surface area contributed by atoms with Crippen LogP contribution in [-0.4, -0.2) is 26.2 Å². The molecule has 0 radical (unpaired) electrons. The first-order chi connectivity index (χ1) is 9.17. The molecule has 0 aliphatic rings. The quantitative estimate of drug-likeness (QED) is 0.588. The van der Waals surface area contributed by atoms with Crippen LogP contribution >= 0.6 is 15.9 Å². The Labute approximate surface area is 122 Å². The monoisotopic (exact) mass is 329 g/mol. The number of carbonyl (C=O) groups excluding carboxylic acids is 1. The molecule has 0 saturated heterocycles.